The van der Waals surface area contributed by atoms with Crippen molar-refractivity contribution in [2.24, 2.45) is 11.8 Å². The first-order valence-electron chi connectivity index (χ1n) is 5.08. The quantitative estimate of drug-likeness (QED) is 0.502. The Morgan fingerprint density at radius 3 is 2.69 bits per heavy atom. The van der Waals surface area contributed by atoms with E-state index >= 15 is 0 Å². The Morgan fingerprint density at radius 1 is 1.46 bits per heavy atom. The third-order valence-electron chi connectivity index (χ3n) is 3.05. The van der Waals surface area contributed by atoms with Crippen LogP contribution in [0.4, 0.5) is 0 Å². The zero-order chi connectivity index (χ0) is 9.84. The molecule has 0 aromatic carbocycles. The monoisotopic (exact) mass is 201 g/mol. The number of nitrogens with zero attached hydrogens (tertiary/aromatic N) is 1. The molecule has 76 valence electrons. The zero-order valence-electron chi connectivity index (χ0n) is 8.72. The van der Waals surface area contributed by atoms with Crippen LogP contribution in [0.5, 0.6) is 0 Å². The molecular formula is C11H20ClN. The van der Waals surface area contributed by atoms with Gasteiger partial charge >= 0.3 is 0 Å². The van der Waals surface area contributed by atoms with Crippen molar-refractivity contribution in [1.29, 1.82) is 0 Å². The Bertz CT molecular complexity index is 179. The number of hydrogen-bond acceptors (Lipinski definition) is 1. The van der Waals surface area contributed by atoms with Gasteiger partial charge in [-0.05, 0) is 30.4 Å². The van der Waals surface area contributed by atoms with Crippen LogP contribution in [0, 0.1) is 11.8 Å². The minimum atomic E-state index is 0.598. The molecule has 0 radical (unpaired) electrons. The molecular weight excluding hydrogens is 182 g/mol. The molecule has 1 rings (SSSR count). The fourth-order valence-electron chi connectivity index (χ4n) is 1.85. The summed E-state index contributed by atoms with van der Waals surface area (Å²) in [5, 5.41) is 0. The van der Waals surface area contributed by atoms with Gasteiger partial charge < -0.3 is 0 Å². The predicted octanol–water partition coefficient (Wildman–Crippen LogP) is 2.76. The van der Waals surface area contributed by atoms with Gasteiger partial charge in [-0.3, -0.25) is 4.90 Å². The van der Waals surface area contributed by atoms with Crippen LogP contribution in [-0.2, 0) is 0 Å². The average Bonchev–Trinajstić information content (AvgIpc) is 2.11. The molecule has 2 unspecified atom stereocenters. The van der Waals surface area contributed by atoms with Gasteiger partial charge in [-0.1, -0.05) is 20.4 Å². The lowest BCUT2D eigenvalue weighted by Gasteiger charge is -2.35. The van der Waals surface area contributed by atoms with Gasteiger partial charge in [-0.2, -0.15) is 0 Å². The highest BCUT2D eigenvalue weighted by molar-refractivity contribution is 6.19. The molecule has 1 aliphatic heterocycles. The van der Waals surface area contributed by atoms with Crippen molar-refractivity contribution < 1.29 is 0 Å². The van der Waals surface area contributed by atoms with Crippen LogP contribution in [-0.4, -0.2) is 30.4 Å². The average molecular weight is 202 g/mol. The summed E-state index contributed by atoms with van der Waals surface area (Å²) in [6.45, 7) is 12.0. The van der Waals surface area contributed by atoms with Crippen molar-refractivity contribution in [3.05, 3.63) is 12.2 Å². The minimum Gasteiger partial charge on any atom is -0.299 e. The second kappa shape index (κ2) is 5.02. The lowest BCUT2D eigenvalue weighted by atomic mass is 9.88. The van der Waals surface area contributed by atoms with Gasteiger partial charge in [0.05, 0.1) is 0 Å². The first kappa shape index (κ1) is 11.1. The highest BCUT2D eigenvalue weighted by atomic mass is 35.5. The summed E-state index contributed by atoms with van der Waals surface area (Å²) in [7, 11) is 0. The van der Waals surface area contributed by atoms with E-state index in [1.54, 1.807) is 0 Å². The smallest absolute Gasteiger partial charge is 0.0443 e. The SMILES string of the molecule is C=C(CCl)CN1CCC(C)C(C)C1. The normalized spacial score (nSPS) is 30.4. The summed E-state index contributed by atoms with van der Waals surface area (Å²) in [5.41, 5.74) is 1.14. The topological polar surface area (TPSA) is 3.24 Å². The Hall–Kier alpha value is -0.0100. The van der Waals surface area contributed by atoms with Crippen molar-refractivity contribution >= 4 is 11.6 Å². The van der Waals surface area contributed by atoms with Gasteiger partial charge in [0.15, 0.2) is 0 Å². The summed E-state index contributed by atoms with van der Waals surface area (Å²) in [5.74, 6) is 2.29. The Kier molecular flexibility index (Phi) is 4.27. The number of halogens is 1. The molecule has 0 amide bonds. The minimum absolute atomic E-state index is 0.598. The molecule has 2 atom stereocenters. The summed E-state index contributed by atoms with van der Waals surface area (Å²) in [6, 6.07) is 0. The molecule has 1 fully saturated rings. The van der Waals surface area contributed by atoms with Crippen molar-refractivity contribution in [2.45, 2.75) is 20.3 Å². The zero-order valence-corrected chi connectivity index (χ0v) is 9.48. The maximum absolute atomic E-state index is 5.71. The molecule has 0 saturated carbocycles. The van der Waals surface area contributed by atoms with Gasteiger partial charge in [0.25, 0.3) is 0 Å². The first-order chi connectivity index (χ1) is 6.13. The Morgan fingerprint density at radius 2 is 2.15 bits per heavy atom. The maximum Gasteiger partial charge on any atom is 0.0443 e. The number of piperidine rings is 1. The maximum atomic E-state index is 5.71. The van der Waals surface area contributed by atoms with Crippen molar-refractivity contribution in [3.8, 4) is 0 Å². The van der Waals surface area contributed by atoms with Crippen LogP contribution in [0.3, 0.4) is 0 Å². The molecule has 0 aromatic heterocycles. The molecule has 0 bridgehead atoms. The second-order valence-electron chi connectivity index (χ2n) is 4.36. The van der Waals surface area contributed by atoms with E-state index in [0.717, 1.165) is 24.0 Å². The van der Waals surface area contributed by atoms with E-state index in [4.69, 9.17) is 11.6 Å². The summed E-state index contributed by atoms with van der Waals surface area (Å²) < 4.78 is 0. The second-order valence-corrected chi connectivity index (χ2v) is 4.63. The summed E-state index contributed by atoms with van der Waals surface area (Å²) in [4.78, 5) is 2.47. The fraction of sp³-hybridized carbons (Fsp3) is 0.818. The van der Waals surface area contributed by atoms with E-state index < -0.39 is 0 Å². The first-order valence-corrected chi connectivity index (χ1v) is 5.62. The van der Waals surface area contributed by atoms with Crippen LogP contribution in [0.25, 0.3) is 0 Å². The number of hydrogen-bond donors (Lipinski definition) is 0. The standard InChI is InChI=1S/C11H20ClN/c1-9(6-12)7-13-5-4-10(2)11(3)8-13/h10-11H,1,4-8H2,2-3H3. The van der Waals surface area contributed by atoms with E-state index in [1.165, 1.54) is 19.5 Å². The molecule has 2 heteroatoms. The van der Waals surface area contributed by atoms with E-state index in [-0.39, 0.29) is 0 Å². The third-order valence-corrected chi connectivity index (χ3v) is 3.43. The van der Waals surface area contributed by atoms with Crippen LogP contribution in [0.1, 0.15) is 20.3 Å². The van der Waals surface area contributed by atoms with Crippen LogP contribution in [0.15, 0.2) is 12.2 Å². The molecule has 1 heterocycles. The van der Waals surface area contributed by atoms with Gasteiger partial charge in [-0.15, -0.1) is 11.6 Å². The van der Waals surface area contributed by atoms with Crippen LogP contribution < -0.4 is 0 Å². The van der Waals surface area contributed by atoms with Crippen molar-refractivity contribution in [1.82, 2.24) is 4.90 Å². The lowest BCUT2D eigenvalue weighted by Crippen LogP contribution is -2.39. The number of alkyl halides is 1. The molecule has 0 aliphatic carbocycles. The van der Waals surface area contributed by atoms with E-state index in [2.05, 4.69) is 25.3 Å². The van der Waals surface area contributed by atoms with Crippen molar-refractivity contribution in [2.75, 3.05) is 25.5 Å². The van der Waals surface area contributed by atoms with Gasteiger partial charge in [0.1, 0.15) is 0 Å². The van der Waals surface area contributed by atoms with Gasteiger partial charge in [0.2, 0.25) is 0 Å². The molecule has 0 N–H and O–H groups in total. The van der Waals surface area contributed by atoms with E-state index in [9.17, 15) is 0 Å². The van der Waals surface area contributed by atoms with Crippen LogP contribution >= 0.6 is 11.6 Å². The lowest BCUT2D eigenvalue weighted by molar-refractivity contribution is 0.149. The van der Waals surface area contributed by atoms with Gasteiger partial charge in [0, 0.05) is 19.0 Å². The molecule has 1 aliphatic rings. The highest BCUT2D eigenvalue weighted by Crippen LogP contribution is 2.22. The van der Waals surface area contributed by atoms with E-state index in [1.807, 2.05) is 0 Å². The molecule has 0 spiro atoms. The highest BCUT2D eigenvalue weighted by Gasteiger charge is 2.22. The largest absolute Gasteiger partial charge is 0.299 e. The molecule has 1 saturated heterocycles. The number of likely N-dealkylation sites (tertiary alicyclic amines) is 1. The number of rotatable bonds is 3. The predicted molar refractivity (Wildman–Crippen MR) is 59.2 cm³/mol. The fourth-order valence-corrected chi connectivity index (χ4v) is 1.94. The summed E-state index contributed by atoms with van der Waals surface area (Å²) in [6.07, 6.45) is 1.32. The molecule has 0 aromatic rings. The van der Waals surface area contributed by atoms with Gasteiger partial charge in [-0.25, -0.2) is 0 Å². The molecule has 13 heavy (non-hydrogen) atoms. The summed E-state index contributed by atoms with van der Waals surface area (Å²) >= 11 is 5.71. The van der Waals surface area contributed by atoms with E-state index in [0.29, 0.717) is 5.88 Å². The Balaban J connectivity index is 2.33. The molecule has 1 nitrogen and oxygen atoms in total. The third kappa shape index (κ3) is 3.32. The Labute approximate surface area is 86.8 Å². The van der Waals surface area contributed by atoms with Crippen molar-refractivity contribution in [3.63, 3.8) is 0 Å². The van der Waals surface area contributed by atoms with Crippen LogP contribution in [0.2, 0.25) is 0 Å².